The van der Waals surface area contributed by atoms with Crippen molar-refractivity contribution in [3.63, 3.8) is 0 Å². The summed E-state index contributed by atoms with van der Waals surface area (Å²) in [6.45, 7) is 5.19. The minimum absolute atomic E-state index is 0.354. The lowest BCUT2D eigenvalue weighted by Crippen LogP contribution is -2.36. The molecule has 1 aliphatic heterocycles. The molecule has 0 aliphatic carbocycles. The van der Waals surface area contributed by atoms with Crippen LogP contribution in [0.2, 0.25) is 0 Å². The number of rotatable bonds is 5. The number of likely N-dealkylation sites (tertiary alicyclic amines) is 1. The molecule has 1 saturated heterocycles. The smallest absolute Gasteiger partial charge is 0.133 e. The van der Waals surface area contributed by atoms with Gasteiger partial charge in [0, 0.05) is 5.92 Å². The van der Waals surface area contributed by atoms with Gasteiger partial charge in [-0.3, -0.25) is 4.79 Å². The van der Waals surface area contributed by atoms with Crippen molar-refractivity contribution < 1.29 is 4.79 Å². The standard InChI is InChI=1S/C11H21NOS/c1-10(13)11-4-7-12(8-5-11)6-3-9-14-2/h11H,3-9H2,1-2H3. The molecule has 0 aromatic rings. The van der Waals surface area contributed by atoms with Crippen LogP contribution in [0.5, 0.6) is 0 Å². The molecule has 0 radical (unpaired) electrons. The lowest BCUT2D eigenvalue weighted by Gasteiger charge is -2.30. The van der Waals surface area contributed by atoms with E-state index in [0.29, 0.717) is 11.7 Å². The fourth-order valence-electron chi connectivity index (χ4n) is 2.00. The van der Waals surface area contributed by atoms with Crippen LogP contribution < -0.4 is 0 Å². The zero-order valence-electron chi connectivity index (χ0n) is 9.29. The maximum atomic E-state index is 11.1. The summed E-state index contributed by atoms with van der Waals surface area (Å²) in [6, 6.07) is 0. The highest BCUT2D eigenvalue weighted by atomic mass is 32.2. The topological polar surface area (TPSA) is 20.3 Å². The minimum Gasteiger partial charge on any atom is -0.303 e. The molecule has 0 spiro atoms. The van der Waals surface area contributed by atoms with Gasteiger partial charge in [-0.2, -0.15) is 11.8 Å². The Morgan fingerprint density at radius 1 is 1.43 bits per heavy atom. The number of hydrogen-bond acceptors (Lipinski definition) is 3. The second-order valence-electron chi connectivity index (χ2n) is 4.07. The van der Waals surface area contributed by atoms with Crippen molar-refractivity contribution in [3.8, 4) is 0 Å². The first-order valence-electron chi connectivity index (χ1n) is 5.45. The molecular formula is C11H21NOS. The van der Waals surface area contributed by atoms with Crippen LogP contribution >= 0.6 is 11.8 Å². The summed E-state index contributed by atoms with van der Waals surface area (Å²) in [5.41, 5.74) is 0. The van der Waals surface area contributed by atoms with E-state index in [4.69, 9.17) is 0 Å². The summed E-state index contributed by atoms with van der Waals surface area (Å²) in [4.78, 5) is 13.6. The van der Waals surface area contributed by atoms with Crippen LogP contribution in [0.25, 0.3) is 0 Å². The Morgan fingerprint density at radius 3 is 2.57 bits per heavy atom. The van der Waals surface area contributed by atoms with E-state index in [9.17, 15) is 4.79 Å². The maximum absolute atomic E-state index is 11.1. The fourth-order valence-corrected chi connectivity index (χ4v) is 2.41. The van der Waals surface area contributed by atoms with Crippen LogP contribution in [-0.2, 0) is 4.79 Å². The van der Waals surface area contributed by atoms with Crippen molar-refractivity contribution in [1.29, 1.82) is 0 Å². The number of thioether (sulfide) groups is 1. The average molecular weight is 215 g/mol. The Bertz CT molecular complexity index is 176. The van der Waals surface area contributed by atoms with Gasteiger partial charge in [0.05, 0.1) is 0 Å². The molecule has 82 valence electrons. The first-order chi connectivity index (χ1) is 6.74. The molecule has 3 heteroatoms. The second-order valence-corrected chi connectivity index (χ2v) is 5.06. The van der Waals surface area contributed by atoms with Gasteiger partial charge in [-0.15, -0.1) is 0 Å². The lowest BCUT2D eigenvalue weighted by atomic mass is 9.93. The van der Waals surface area contributed by atoms with Gasteiger partial charge in [-0.25, -0.2) is 0 Å². The summed E-state index contributed by atoms with van der Waals surface area (Å²) in [7, 11) is 0. The van der Waals surface area contributed by atoms with E-state index in [1.807, 2.05) is 11.8 Å². The van der Waals surface area contributed by atoms with Gasteiger partial charge in [0.1, 0.15) is 5.78 Å². The molecule has 0 unspecified atom stereocenters. The number of piperidine rings is 1. The predicted molar refractivity (Wildman–Crippen MR) is 62.8 cm³/mol. The third kappa shape index (κ3) is 4.01. The largest absolute Gasteiger partial charge is 0.303 e. The van der Waals surface area contributed by atoms with E-state index in [-0.39, 0.29) is 0 Å². The van der Waals surface area contributed by atoms with Gasteiger partial charge < -0.3 is 4.90 Å². The number of hydrogen-bond donors (Lipinski definition) is 0. The molecule has 1 rings (SSSR count). The number of ketones is 1. The zero-order valence-corrected chi connectivity index (χ0v) is 10.1. The van der Waals surface area contributed by atoms with Crippen LogP contribution in [0.1, 0.15) is 26.2 Å². The maximum Gasteiger partial charge on any atom is 0.133 e. The summed E-state index contributed by atoms with van der Waals surface area (Å²) in [5.74, 6) is 1.99. The minimum atomic E-state index is 0.354. The molecule has 0 amide bonds. The van der Waals surface area contributed by atoms with Crippen molar-refractivity contribution in [1.82, 2.24) is 4.90 Å². The molecule has 0 aromatic heterocycles. The summed E-state index contributed by atoms with van der Waals surface area (Å²) in [6.07, 6.45) is 5.59. The van der Waals surface area contributed by atoms with Crippen molar-refractivity contribution in [3.05, 3.63) is 0 Å². The van der Waals surface area contributed by atoms with Gasteiger partial charge >= 0.3 is 0 Å². The van der Waals surface area contributed by atoms with Gasteiger partial charge in [-0.1, -0.05) is 0 Å². The Hall–Kier alpha value is -0.0200. The fraction of sp³-hybridized carbons (Fsp3) is 0.909. The number of carbonyl (C=O) groups excluding carboxylic acids is 1. The van der Waals surface area contributed by atoms with E-state index in [2.05, 4.69) is 11.2 Å². The van der Waals surface area contributed by atoms with Gasteiger partial charge in [-0.05, 0) is 57.8 Å². The normalized spacial score (nSPS) is 19.9. The van der Waals surface area contributed by atoms with Gasteiger partial charge in [0.25, 0.3) is 0 Å². The van der Waals surface area contributed by atoms with Crippen molar-refractivity contribution >= 4 is 17.5 Å². The highest BCUT2D eigenvalue weighted by molar-refractivity contribution is 7.98. The molecule has 1 aliphatic rings. The Kier molecular flexibility index (Phi) is 5.56. The predicted octanol–water partition coefficient (Wildman–Crippen LogP) is 2.04. The molecule has 1 heterocycles. The van der Waals surface area contributed by atoms with E-state index < -0.39 is 0 Å². The van der Waals surface area contributed by atoms with Crippen molar-refractivity contribution in [2.75, 3.05) is 31.6 Å². The average Bonchev–Trinajstić information content (AvgIpc) is 2.19. The second kappa shape index (κ2) is 6.46. The highest BCUT2D eigenvalue weighted by Gasteiger charge is 2.21. The molecule has 2 nitrogen and oxygen atoms in total. The SMILES string of the molecule is CSCCCN1CCC(C(C)=O)CC1. The molecule has 0 N–H and O–H groups in total. The number of carbonyl (C=O) groups is 1. The zero-order chi connectivity index (χ0) is 10.4. The van der Waals surface area contributed by atoms with E-state index in [1.165, 1.54) is 18.7 Å². The summed E-state index contributed by atoms with van der Waals surface area (Å²) in [5, 5.41) is 0. The van der Waals surface area contributed by atoms with Crippen LogP contribution in [0.15, 0.2) is 0 Å². The van der Waals surface area contributed by atoms with E-state index in [1.54, 1.807) is 6.92 Å². The van der Waals surface area contributed by atoms with Crippen LogP contribution in [0.3, 0.4) is 0 Å². The number of Topliss-reactive ketones (excluding diaryl/α,β-unsaturated/α-hetero) is 1. The quantitative estimate of drug-likeness (QED) is 0.655. The van der Waals surface area contributed by atoms with Crippen LogP contribution in [-0.4, -0.2) is 42.3 Å². The molecular weight excluding hydrogens is 194 g/mol. The summed E-state index contributed by atoms with van der Waals surface area (Å²) >= 11 is 1.91. The third-order valence-corrected chi connectivity index (χ3v) is 3.68. The van der Waals surface area contributed by atoms with Crippen molar-refractivity contribution in [2.45, 2.75) is 26.2 Å². The molecule has 14 heavy (non-hydrogen) atoms. The lowest BCUT2D eigenvalue weighted by molar-refractivity contribution is -0.122. The summed E-state index contributed by atoms with van der Waals surface area (Å²) < 4.78 is 0. The molecule has 1 fully saturated rings. The Morgan fingerprint density at radius 2 is 2.07 bits per heavy atom. The third-order valence-electron chi connectivity index (χ3n) is 2.99. The monoisotopic (exact) mass is 215 g/mol. The van der Waals surface area contributed by atoms with Crippen molar-refractivity contribution in [2.24, 2.45) is 5.92 Å². The highest BCUT2D eigenvalue weighted by Crippen LogP contribution is 2.18. The first kappa shape index (κ1) is 12.1. The van der Waals surface area contributed by atoms with E-state index >= 15 is 0 Å². The molecule has 0 bridgehead atoms. The molecule has 0 aromatic carbocycles. The molecule has 0 saturated carbocycles. The Balaban J connectivity index is 2.12. The van der Waals surface area contributed by atoms with Crippen LogP contribution in [0.4, 0.5) is 0 Å². The number of nitrogens with zero attached hydrogens (tertiary/aromatic N) is 1. The molecule has 0 atom stereocenters. The van der Waals surface area contributed by atoms with E-state index in [0.717, 1.165) is 25.9 Å². The Labute approximate surface area is 91.4 Å². The van der Waals surface area contributed by atoms with Gasteiger partial charge in [0.2, 0.25) is 0 Å². The van der Waals surface area contributed by atoms with Gasteiger partial charge in [0.15, 0.2) is 0 Å². The first-order valence-corrected chi connectivity index (χ1v) is 6.85. The van der Waals surface area contributed by atoms with Crippen LogP contribution in [0, 0.1) is 5.92 Å².